The Bertz CT molecular complexity index is 1090. The van der Waals surface area contributed by atoms with Crippen LogP contribution in [0.2, 0.25) is 0 Å². The molecule has 2 rings (SSSR count). The molecule has 4 heteroatoms. The van der Waals surface area contributed by atoms with Crippen molar-refractivity contribution in [2.45, 2.75) is 199 Å². The van der Waals surface area contributed by atoms with Crippen LogP contribution in [-0.4, -0.2) is 13.0 Å². The molecule has 0 fully saturated rings. The van der Waals surface area contributed by atoms with Gasteiger partial charge in [-0.3, -0.25) is 4.55 Å². The molecule has 0 aromatic heterocycles. The van der Waals surface area contributed by atoms with Gasteiger partial charge in [0.1, 0.15) is 0 Å². The molecule has 0 amide bonds. The van der Waals surface area contributed by atoms with Crippen LogP contribution < -0.4 is 0 Å². The van der Waals surface area contributed by atoms with E-state index >= 15 is 0 Å². The summed E-state index contributed by atoms with van der Waals surface area (Å²) in [6.45, 7) is 4.55. The highest BCUT2D eigenvalue weighted by Crippen LogP contribution is 2.31. The van der Waals surface area contributed by atoms with Gasteiger partial charge in [-0.1, -0.05) is 192 Å². The lowest BCUT2D eigenvalue weighted by Crippen LogP contribution is -2.05. The Morgan fingerprint density at radius 3 is 1.25 bits per heavy atom. The predicted molar refractivity (Wildman–Crippen MR) is 193 cm³/mol. The molecule has 1 N–H and O–H groups in total. The van der Waals surface area contributed by atoms with E-state index < -0.39 is 10.1 Å². The molecule has 0 bridgehead atoms. The van der Waals surface area contributed by atoms with Crippen molar-refractivity contribution < 1.29 is 13.0 Å². The van der Waals surface area contributed by atoms with E-state index in [2.05, 4.69) is 32.0 Å². The summed E-state index contributed by atoms with van der Waals surface area (Å²) >= 11 is 0. The molecule has 0 heterocycles. The van der Waals surface area contributed by atoms with Crippen LogP contribution in [0.3, 0.4) is 0 Å². The van der Waals surface area contributed by atoms with E-state index in [4.69, 9.17) is 0 Å². The Morgan fingerprint density at radius 2 is 0.841 bits per heavy atom. The molecule has 252 valence electrons. The highest BCUT2D eigenvalue weighted by Gasteiger charge is 2.18. The fourth-order valence-electron chi connectivity index (χ4n) is 6.84. The van der Waals surface area contributed by atoms with Gasteiger partial charge in [0.2, 0.25) is 0 Å². The van der Waals surface area contributed by atoms with Crippen molar-refractivity contribution in [3.8, 4) is 0 Å². The lowest BCUT2D eigenvalue weighted by atomic mass is 9.94. The summed E-state index contributed by atoms with van der Waals surface area (Å²) in [5.41, 5.74) is 2.11. The highest BCUT2D eigenvalue weighted by molar-refractivity contribution is 7.85. The van der Waals surface area contributed by atoms with E-state index in [9.17, 15) is 13.0 Å². The maximum Gasteiger partial charge on any atom is 0.294 e. The van der Waals surface area contributed by atoms with Gasteiger partial charge in [-0.05, 0) is 53.6 Å². The zero-order valence-corrected chi connectivity index (χ0v) is 29.7. The largest absolute Gasteiger partial charge is 0.294 e. The van der Waals surface area contributed by atoms with E-state index in [0.29, 0.717) is 6.42 Å². The lowest BCUT2D eigenvalue weighted by Gasteiger charge is -2.14. The number of aryl methyl sites for hydroxylation is 2. The van der Waals surface area contributed by atoms with Crippen LogP contribution in [0.15, 0.2) is 35.2 Å². The van der Waals surface area contributed by atoms with Crippen LogP contribution in [0, 0.1) is 0 Å². The molecular formula is C40H68O3S. The molecule has 0 radical (unpaired) electrons. The van der Waals surface area contributed by atoms with Crippen molar-refractivity contribution in [1.82, 2.24) is 0 Å². The number of fused-ring (bicyclic) bond motifs is 1. The second-order valence-corrected chi connectivity index (χ2v) is 14.9. The van der Waals surface area contributed by atoms with Crippen LogP contribution in [0.5, 0.6) is 0 Å². The number of rotatable bonds is 29. The van der Waals surface area contributed by atoms with Crippen molar-refractivity contribution in [3.63, 3.8) is 0 Å². The third-order valence-corrected chi connectivity index (χ3v) is 10.5. The summed E-state index contributed by atoms with van der Waals surface area (Å²) in [5, 5.41) is 2.16. The quantitative estimate of drug-likeness (QED) is 0.0720. The number of benzene rings is 2. The first-order valence-corrected chi connectivity index (χ1v) is 20.4. The minimum atomic E-state index is -4.25. The van der Waals surface area contributed by atoms with Gasteiger partial charge in [0.15, 0.2) is 0 Å². The summed E-state index contributed by atoms with van der Waals surface area (Å²) in [6, 6.07) is 9.88. The summed E-state index contributed by atoms with van der Waals surface area (Å²) < 4.78 is 34.6. The average Bonchev–Trinajstić information content (AvgIpc) is 3.01. The fraction of sp³-hybridized carbons (Fsp3) is 0.750. The molecule has 0 aliphatic heterocycles. The van der Waals surface area contributed by atoms with Crippen molar-refractivity contribution in [3.05, 3.63) is 41.5 Å². The van der Waals surface area contributed by atoms with Gasteiger partial charge in [0.25, 0.3) is 10.1 Å². The standard InChI is InChI=1S/C40H68O3S/c1-3-5-7-9-11-13-15-17-19-21-23-25-27-30-36-31-29-33-38-37(36)34-35-40(44(41,42)43)39(38)32-28-26-24-22-20-18-16-14-12-10-8-6-4-2/h29,31,33-35H,3-28,30,32H2,1-2H3,(H,41,42,43). The van der Waals surface area contributed by atoms with Crippen LogP contribution in [0.4, 0.5) is 0 Å². The smallest absolute Gasteiger partial charge is 0.282 e. The maximum atomic E-state index is 12.3. The van der Waals surface area contributed by atoms with Crippen molar-refractivity contribution in [2.24, 2.45) is 0 Å². The second kappa shape index (κ2) is 24.8. The van der Waals surface area contributed by atoms with Gasteiger partial charge >= 0.3 is 0 Å². The summed E-state index contributed by atoms with van der Waals surface area (Å²) in [6.07, 6.45) is 36.1. The van der Waals surface area contributed by atoms with E-state index in [0.717, 1.165) is 35.6 Å². The van der Waals surface area contributed by atoms with Crippen LogP contribution in [-0.2, 0) is 23.0 Å². The van der Waals surface area contributed by atoms with Gasteiger partial charge in [0.05, 0.1) is 4.90 Å². The van der Waals surface area contributed by atoms with E-state index in [1.807, 2.05) is 6.07 Å². The monoisotopic (exact) mass is 628 g/mol. The molecule has 0 aliphatic rings. The molecule has 0 aliphatic carbocycles. The van der Waals surface area contributed by atoms with Crippen molar-refractivity contribution in [1.29, 1.82) is 0 Å². The van der Waals surface area contributed by atoms with E-state index in [-0.39, 0.29) is 4.90 Å². The molecule has 0 saturated carbocycles. The zero-order chi connectivity index (χ0) is 31.7. The molecule has 0 unspecified atom stereocenters. The highest BCUT2D eigenvalue weighted by atomic mass is 32.2. The minimum absolute atomic E-state index is 0.0991. The Labute approximate surface area is 273 Å². The third kappa shape index (κ3) is 16.8. The Balaban J connectivity index is 1.73. The lowest BCUT2D eigenvalue weighted by molar-refractivity contribution is 0.482. The van der Waals surface area contributed by atoms with E-state index in [1.54, 1.807) is 6.07 Å². The molecule has 0 atom stereocenters. The molecule has 2 aromatic carbocycles. The van der Waals surface area contributed by atoms with Gasteiger partial charge in [0, 0.05) is 0 Å². The molecule has 3 nitrogen and oxygen atoms in total. The first kappa shape index (κ1) is 38.8. The third-order valence-electron chi connectivity index (χ3n) is 9.58. The topological polar surface area (TPSA) is 54.4 Å². The summed E-state index contributed by atoms with van der Waals surface area (Å²) in [4.78, 5) is 0.0991. The Morgan fingerprint density at radius 1 is 0.455 bits per heavy atom. The average molecular weight is 629 g/mol. The van der Waals surface area contributed by atoms with Gasteiger partial charge in [-0.2, -0.15) is 8.42 Å². The second-order valence-electron chi connectivity index (χ2n) is 13.5. The van der Waals surface area contributed by atoms with Crippen LogP contribution in [0.25, 0.3) is 10.8 Å². The zero-order valence-electron chi connectivity index (χ0n) is 28.9. The Kier molecular flexibility index (Phi) is 21.9. The first-order chi connectivity index (χ1) is 21.5. The summed E-state index contributed by atoms with van der Waals surface area (Å²) in [5.74, 6) is 0. The maximum absolute atomic E-state index is 12.3. The van der Waals surface area contributed by atoms with E-state index in [1.165, 1.54) is 160 Å². The number of hydrogen-bond donors (Lipinski definition) is 1. The minimum Gasteiger partial charge on any atom is -0.282 e. The number of hydrogen-bond acceptors (Lipinski definition) is 2. The SMILES string of the molecule is CCCCCCCCCCCCCCCc1cccc2c(CCCCCCCCCCCCCCC)c(S(=O)(=O)O)ccc12. The summed E-state index contributed by atoms with van der Waals surface area (Å²) in [7, 11) is -4.25. The number of unbranched alkanes of at least 4 members (excludes halogenated alkanes) is 24. The van der Waals surface area contributed by atoms with Crippen LogP contribution >= 0.6 is 0 Å². The molecular weight excluding hydrogens is 561 g/mol. The van der Waals surface area contributed by atoms with Crippen molar-refractivity contribution >= 4 is 20.9 Å². The molecule has 0 saturated heterocycles. The Hall–Kier alpha value is -1.39. The van der Waals surface area contributed by atoms with Crippen molar-refractivity contribution in [2.75, 3.05) is 0 Å². The first-order valence-electron chi connectivity index (χ1n) is 19.0. The fourth-order valence-corrected chi connectivity index (χ4v) is 7.60. The molecule has 0 spiro atoms. The van der Waals surface area contributed by atoms with Gasteiger partial charge in [-0.25, -0.2) is 0 Å². The van der Waals surface area contributed by atoms with Gasteiger partial charge in [-0.15, -0.1) is 0 Å². The molecule has 2 aromatic rings. The normalized spacial score (nSPS) is 12.0. The van der Waals surface area contributed by atoms with Gasteiger partial charge < -0.3 is 0 Å². The molecule has 44 heavy (non-hydrogen) atoms. The predicted octanol–water partition coefficient (Wildman–Crippen LogP) is 13.4. The van der Waals surface area contributed by atoms with Crippen LogP contribution in [0.1, 0.15) is 192 Å².